The molecule has 1 heterocycles. The molecule has 2 aromatic rings. The molecule has 0 bridgehead atoms. The van der Waals surface area contributed by atoms with Crippen LogP contribution in [-0.4, -0.2) is 6.04 Å². The van der Waals surface area contributed by atoms with Gasteiger partial charge in [-0.2, -0.15) is 13.2 Å². The first-order valence-electron chi connectivity index (χ1n) is 5.21. The molecule has 2 rings (SSSR count). The van der Waals surface area contributed by atoms with Crippen LogP contribution in [0.3, 0.4) is 0 Å². The second-order valence-electron chi connectivity index (χ2n) is 4.15. The molecule has 0 fully saturated rings. The Labute approximate surface area is 101 Å². The van der Waals surface area contributed by atoms with Crippen molar-refractivity contribution in [1.82, 2.24) is 0 Å². The molecular weight excluding hydrogens is 247 g/mol. The highest BCUT2D eigenvalue weighted by Gasteiger charge is 2.30. The van der Waals surface area contributed by atoms with Crippen LogP contribution in [0, 0.1) is 0 Å². The zero-order valence-electron chi connectivity index (χ0n) is 9.21. The second-order valence-corrected chi connectivity index (χ2v) is 5.06. The molecule has 1 atom stereocenters. The molecule has 0 radical (unpaired) electrons. The van der Waals surface area contributed by atoms with Crippen LogP contribution in [0.25, 0.3) is 10.1 Å². The number of halogens is 3. The summed E-state index contributed by atoms with van der Waals surface area (Å²) in [5.41, 5.74) is 5.97. The number of hydrogen-bond acceptors (Lipinski definition) is 2. The van der Waals surface area contributed by atoms with Gasteiger partial charge < -0.3 is 5.73 Å². The number of benzene rings is 1. The Balaban J connectivity index is 2.50. The topological polar surface area (TPSA) is 26.0 Å². The maximum atomic E-state index is 12.6. The lowest BCUT2D eigenvalue weighted by Gasteiger charge is -2.08. The van der Waals surface area contributed by atoms with Crippen LogP contribution in [-0.2, 0) is 12.6 Å². The minimum atomic E-state index is -4.29. The Morgan fingerprint density at radius 3 is 2.65 bits per heavy atom. The number of rotatable bonds is 2. The van der Waals surface area contributed by atoms with Gasteiger partial charge in [-0.1, -0.05) is 0 Å². The van der Waals surface area contributed by atoms with Crippen molar-refractivity contribution in [3.8, 4) is 0 Å². The SMILES string of the molecule is CC(N)Cc1csc2ccc(C(F)(F)F)cc12. The van der Waals surface area contributed by atoms with Crippen LogP contribution in [0.4, 0.5) is 13.2 Å². The van der Waals surface area contributed by atoms with Gasteiger partial charge in [0, 0.05) is 10.7 Å². The molecule has 1 aromatic carbocycles. The van der Waals surface area contributed by atoms with E-state index in [4.69, 9.17) is 5.73 Å². The van der Waals surface area contributed by atoms with Gasteiger partial charge in [-0.15, -0.1) is 11.3 Å². The smallest absolute Gasteiger partial charge is 0.328 e. The Kier molecular flexibility index (Phi) is 3.14. The first-order valence-corrected chi connectivity index (χ1v) is 6.09. The van der Waals surface area contributed by atoms with E-state index in [2.05, 4.69) is 0 Å². The average molecular weight is 259 g/mol. The van der Waals surface area contributed by atoms with E-state index in [0.29, 0.717) is 11.8 Å². The van der Waals surface area contributed by atoms with E-state index < -0.39 is 11.7 Å². The summed E-state index contributed by atoms with van der Waals surface area (Å²) in [7, 11) is 0. The van der Waals surface area contributed by atoms with Crippen LogP contribution in [0.1, 0.15) is 18.1 Å². The summed E-state index contributed by atoms with van der Waals surface area (Å²) in [6.07, 6.45) is -3.69. The van der Waals surface area contributed by atoms with Crippen molar-refractivity contribution in [2.45, 2.75) is 25.6 Å². The highest BCUT2D eigenvalue weighted by atomic mass is 32.1. The van der Waals surface area contributed by atoms with Gasteiger partial charge in [-0.05, 0) is 47.9 Å². The highest BCUT2D eigenvalue weighted by Crippen LogP contribution is 2.34. The van der Waals surface area contributed by atoms with E-state index in [1.807, 2.05) is 12.3 Å². The predicted molar refractivity (Wildman–Crippen MR) is 64.2 cm³/mol. The van der Waals surface area contributed by atoms with Crippen LogP contribution in [0.5, 0.6) is 0 Å². The van der Waals surface area contributed by atoms with E-state index >= 15 is 0 Å². The fraction of sp³-hybridized carbons (Fsp3) is 0.333. The second kappa shape index (κ2) is 4.31. The lowest BCUT2D eigenvalue weighted by atomic mass is 10.0. The number of alkyl halides is 3. The summed E-state index contributed by atoms with van der Waals surface area (Å²) in [6, 6.07) is 3.80. The molecule has 0 amide bonds. The zero-order valence-corrected chi connectivity index (χ0v) is 10.0. The molecule has 1 aromatic heterocycles. The van der Waals surface area contributed by atoms with Crippen molar-refractivity contribution in [2.75, 3.05) is 0 Å². The third-order valence-corrected chi connectivity index (χ3v) is 3.54. The summed E-state index contributed by atoms with van der Waals surface area (Å²) >= 11 is 1.45. The van der Waals surface area contributed by atoms with E-state index in [-0.39, 0.29) is 6.04 Å². The van der Waals surface area contributed by atoms with Crippen LogP contribution < -0.4 is 5.73 Å². The van der Waals surface area contributed by atoms with E-state index in [9.17, 15) is 13.2 Å². The Morgan fingerprint density at radius 2 is 2.06 bits per heavy atom. The summed E-state index contributed by atoms with van der Waals surface area (Å²) in [6.45, 7) is 1.84. The summed E-state index contributed by atoms with van der Waals surface area (Å²) < 4.78 is 38.7. The monoisotopic (exact) mass is 259 g/mol. The lowest BCUT2D eigenvalue weighted by Crippen LogP contribution is -2.17. The maximum absolute atomic E-state index is 12.6. The summed E-state index contributed by atoms with van der Waals surface area (Å²) in [4.78, 5) is 0. The minimum Gasteiger partial charge on any atom is -0.328 e. The molecule has 92 valence electrons. The standard InChI is InChI=1S/C12H12F3NS/c1-7(16)4-8-6-17-11-3-2-9(5-10(8)11)12(13,14)15/h2-3,5-7H,4,16H2,1H3. The number of thiophene rings is 1. The molecule has 2 N–H and O–H groups in total. The molecule has 0 spiro atoms. The largest absolute Gasteiger partial charge is 0.416 e. The van der Waals surface area contributed by atoms with Gasteiger partial charge in [-0.3, -0.25) is 0 Å². The number of fused-ring (bicyclic) bond motifs is 1. The van der Waals surface area contributed by atoms with Crippen molar-refractivity contribution in [3.05, 3.63) is 34.7 Å². The normalized spacial score (nSPS) is 14.2. The van der Waals surface area contributed by atoms with Crippen LogP contribution >= 0.6 is 11.3 Å². The maximum Gasteiger partial charge on any atom is 0.416 e. The third-order valence-electron chi connectivity index (χ3n) is 2.52. The van der Waals surface area contributed by atoms with Gasteiger partial charge in [0.15, 0.2) is 0 Å². The van der Waals surface area contributed by atoms with Gasteiger partial charge >= 0.3 is 6.18 Å². The third kappa shape index (κ3) is 2.61. The van der Waals surface area contributed by atoms with Crippen molar-refractivity contribution in [3.63, 3.8) is 0 Å². The van der Waals surface area contributed by atoms with Crippen molar-refractivity contribution in [1.29, 1.82) is 0 Å². The molecule has 1 nitrogen and oxygen atoms in total. The Morgan fingerprint density at radius 1 is 1.35 bits per heavy atom. The molecule has 1 unspecified atom stereocenters. The number of hydrogen-bond donors (Lipinski definition) is 1. The van der Waals surface area contributed by atoms with Gasteiger partial charge in [0.1, 0.15) is 0 Å². The van der Waals surface area contributed by atoms with Gasteiger partial charge in [0.25, 0.3) is 0 Å². The lowest BCUT2D eigenvalue weighted by molar-refractivity contribution is -0.137. The van der Waals surface area contributed by atoms with E-state index in [1.54, 1.807) is 0 Å². The zero-order chi connectivity index (χ0) is 12.6. The predicted octanol–water partition coefficient (Wildman–Crippen LogP) is 3.81. The van der Waals surface area contributed by atoms with Crippen molar-refractivity contribution >= 4 is 21.4 Å². The van der Waals surface area contributed by atoms with Crippen LogP contribution in [0.2, 0.25) is 0 Å². The Bertz CT molecular complexity index is 528. The molecule has 17 heavy (non-hydrogen) atoms. The molecule has 0 saturated carbocycles. The minimum absolute atomic E-state index is 0.0534. The highest BCUT2D eigenvalue weighted by molar-refractivity contribution is 7.17. The van der Waals surface area contributed by atoms with Crippen LogP contribution in [0.15, 0.2) is 23.6 Å². The molecular formula is C12H12F3NS. The first-order chi connectivity index (χ1) is 7.88. The quantitative estimate of drug-likeness (QED) is 0.872. The molecule has 5 heteroatoms. The van der Waals surface area contributed by atoms with E-state index in [1.165, 1.54) is 23.5 Å². The number of nitrogens with two attached hydrogens (primary N) is 1. The van der Waals surface area contributed by atoms with E-state index in [0.717, 1.165) is 16.3 Å². The van der Waals surface area contributed by atoms with Crippen molar-refractivity contribution < 1.29 is 13.2 Å². The van der Waals surface area contributed by atoms with Gasteiger partial charge in [0.05, 0.1) is 5.56 Å². The van der Waals surface area contributed by atoms with Gasteiger partial charge in [-0.25, -0.2) is 0 Å². The Hall–Kier alpha value is -1.07. The summed E-state index contributed by atoms with van der Waals surface area (Å²) in [5.74, 6) is 0. The average Bonchev–Trinajstić information content (AvgIpc) is 2.59. The summed E-state index contributed by atoms with van der Waals surface area (Å²) in [5, 5.41) is 2.55. The van der Waals surface area contributed by atoms with Gasteiger partial charge in [0.2, 0.25) is 0 Å². The molecule has 0 aliphatic rings. The molecule has 0 saturated heterocycles. The first kappa shape index (κ1) is 12.4. The fourth-order valence-electron chi connectivity index (χ4n) is 1.76. The van der Waals surface area contributed by atoms with Crippen molar-refractivity contribution in [2.24, 2.45) is 5.73 Å². The molecule has 0 aliphatic carbocycles. The fourth-order valence-corrected chi connectivity index (χ4v) is 2.72. The molecule has 0 aliphatic heterocycles.